The fourth-order valence-electron chi connectivity index (χ4n) is 1.76. The summed E-state index contributed by atoms with van der Waals surface area (Å²) in [5.74, 6) is -0.236. The average Bonchev–Trinajstić information content (AvgIpc) is 2.46. The molecule has 0 bridgehead atoms. The average molecular weight is 286 g/mol. The zero-order valence-electron chi connectivity index (χ0n) is 10.8. The normalized spacial score (nSPS) is 9.85. The smallest absolute Gasteiger partial charge is 0.259 e. The third-order valence-corrected chi connectivity index (χ3v) is 3.22. The molecule has 0 atom stereocenters. The molecule has 100 valence electrons. The van der Waals surface area contributed by atoms with Crippen molar-refractivity contribution < 1.29 is 4.79 Å². The summed E-state index contributed by atoms with van der Waals surface area (Å²) < 4.78 is 0. The quantitative estimate of drug-likeness (QED) is 0.862. The van der Waals surface area contributed by atoms with Crippen molar-refractivity contribution in [3.8, 4) is 6.07 Å². The maximum absolute atomic E-state index is 12.4. The van der Waals surface area contributed by atoms with E-state index in [9.17, 15) is 4.79 Å². The van der Waals surface area contributed by atoms with Crippen molar-refractivity contribution >= 4 is 28.9 Å². The van der Waals surface area contributed by atoms with Crippen LogP contribution in [0.5, 0.6) is 0 Å². The second-order valence-electron chi connectivity index (χ2n) is 4.26. The number of carbonyl (C=O) groups excluding carboxylic acids is 1. The number of nitrogen functional groups attached to an aromatic ring is 1. The Balaban J connectivity index is 2.30. The van der Waals surface area contributed by atoms with E-state index in [1.54, 1.807) is 49.5 Å². The van der Waals surface area contributed by atoms with Crippen LogP contribution >= 0.6 is 11.6 Å². The zero-order chi connectivity index (χ0) is 14.7. The fraction of sp³-hybridized carbons (Fsp3) is 0.0667. The van der Waals surface area contributed by atoms with Gasteiger partial charge in [0.15, 0.2) is 0 Å². The number of benzene rings is 2. The van der Waals surface area contributed by atoms with Crippen LogP contribution in [0.1, 0.15) is 15.9 Å². The summed E-state index contributed by atoms with van der Waals surface area (Å²) in [4.78, 5) is 13.8. The van der Waals surface area contributed by atoms with Crippen molar-refractivity contribution in [1.29, 1.82) is 5.26 Å². The molecule has 0 saturated carbocycles. The Morgan fingerprint density at radius 1 is 1.25 bits per heavy atom. The maximum atomic E-state index is 12.4. The fourth-order valence-corrected chi connectivity index (χ4v) is 2.03. The van der Waals surface area contributed by atoms with Crippen molar-refractivity contribution in [2.75, 3.05) is 17.7 Å². The molecule has 4 nitrogen and oxygen atoms in total. The summed E-state index contributed by atoms with van der Waals surface area (Å²) in [6.45, 7) is 0. The lowest BCUT2D eigenvalue weighted by Gasteiger charge is -2.18. The first-order valence-corrected chi connectivity index (χ1v) is 6.24. The van der Waals surface area contributed by atoms with Crippen molar-refractivity contribution in [2.24, 2.45) is 0 Å². The van der Waals surface area contributed by atoms with Crippen LogP contribution in [0.4, 0.5) is 11.4 Å². The van der Waals surface area contributed by atoms with Gasteiger partial charge in [0.2, 0.25) is 0 Å². The first kappa shape index (κ1) is 13.9. The second-order valence-corrected chi connectivity index (χ2v) is 4.67. The lowest BCUT2D eigenvalue weighted by atomic mass is 10.1. The number of nitriles is 1. The van der Waals surface area contributed by atoms with E-state index in [0.717, 1.165) is 0 Å². The summed E-state index contributed by atoms with van der Waals surface area (Å²) >= 11 is 6.03. The SMILES string of the molecule is CN(C(=O)c1ccc(N)cc1Cl)c1ccc(C#N)cc1. The van der Waals surface area contributed by atoms with Crippen LogP contribution in [-0.4, -0.2) is 13.0 Å². The van der Waals surface area contributed by atoms with Crippen LogP contribution in [0.3, 0.4) is 0 Å². The Bertz CT molecular complexity index is 689. The molecule has 0 radical (unpaired) electrons. The van der Waals surface area contributed by atoms with Crippen LogP contribution in [0, 0.1) is 11.3 Å². The number of rotatable bonds is 2. The minimum Gasteiger partial charge on any atom is -0.399 e. The Hall–Kier alpha value is -2.51. The molecule has 0 aliphatic rings. The van der Waals surface area contributed by atoms with Crippen molar-refractivity contribution in [2.45, 2.75) is 0 Å². The largest absolute Gasteiger partial charge is 0.399 e. The standard InChI is InChI=1S/C15H12ClN3O/c1-19(12-5-2-10(9-17)3-6-12)15(20)13-7-4-11(18)8-14(13)16/h2-8H,18H2,1H3. The number of anilines is 2. The minimum atomic E-state index is -0.236. The van der Waals surface area contributed by atoms with Gasteiger partial charge in [-0.2, -0.15) is 5.26 Å². The van der Waals surface area contributed by atoms with Gasteiger partial charge < -0.3 is 10.6 Å². The first-order chi connectivity index (χ1) is 9.52. The molecule has 2 aromatic carbocycles. The van der Waals surface area contributed by atoms with Crippen LogP contribution in [-0.2, 0) is 0 Å². The Morgan fingerprint density at radius 3 is 2.45 bits per heavy atom. The Kier molecular flexibility index (Phi) is 3.92. The molecule has 0 fully saturated rings. The van der Waals surface area contributed by atoms with Gasteiger partial charge in [-0.15, -0.1) is 0 Å². The van der Waals surface area contributed by atoms with E-state index in [1.807, 2.05) is 6.07 Å². The van der Waals surface area contributed by atoms with E-state index in [4.69, 9.17) is 22.6 Å². The lowest BCUT2D eigenvalue weighted by Crippen LogP contribution is -2.26. The van der Waals surface area contributed by atoms with Gasteiger partial charge in [-0.1, -0.05) is 11.6 Å². The van der Waals surface area contributed by atoms with E-state index in [1.165, 1.54) is 4.90 Å². The minimum absolute atomic E-state index is 0.236. The predicted octanol–water partition coefficient (Wildman–Crippen LogP) is 3.07. The van der Waals surface area contributed by atoms with E-state index in [-0.39, 0.29) is 5.91 Å². The predicted molar refractivity (Wildman–Crippen MR) is 79.8 cm³/mol. The molecule has 0 heterocycles. The number of hydrogen-bond donors (Lipinski definition) is 1. The highest BCUT2D eigenvalue weighted by Crippen LogP contribution is 2.23. The number of hydrogen-bond acceptors (Lipinski definition) is 3. The molecule has 2 N–H and O–H groups in total. The van der Waals surface area contributed by atoms with Gasteiger partial charge in [0, 0.05) is 18.4 Å². The maximum Gasteiger partial charge on any atom is 0.259 e. The molecule has 1 amide bonds. The van der Waals surface area contributed by atoms with Gasteiger partial charge in [-0.3, -0.25) is 4.79 Å². The molecule has 20 heavy (non-hydrogen) atoms. The van der Waals surface area contributed by atoms with Crippen LogP contribution in [0.2, 0.25) is 5.02 Å². The number of nitrogens with zero attached hydrogens (tertiary/aromatic N) is 2. The summed E-state index contributed by atoms with van der Waals surface area (Å²) in [6.07, 6.45) is 0. The Labute approximate surface area is 122 Å². The van der Waals surface area contributed by atoms with E-state index >= 15 is 0 Å². The number of halogens is 1. The van der Waals surface area contributed by atoms with Crippen LogP contribution in [0.25, 0.3) is 0 Å². The van der Waals surface area contributed by atoms with Gasteiger partial charge in [0.05, 0.1) is 22.2 Å². The molecule has 0 aromatic heterocycles. The topological polar surface area (TPSA) is 70.1 Å². The highest BCUT2D eigenvalue weighted by atomic mass is 35.5. The zero-order valence-corrected chi connectivity index (χ0v) is 11.6. The van der Waals surface area contributed by atoms with E-state index in [2.05, 4.69) is 0 Å². The molecule has 2 aromatic rings. The third-order valence-electron chi connectivity index (χ3n) is 2.91. The number of amides is 1. The molecule has 0 unspecified atom stereocenters. The highest BCUT2D eigenvalue weighted by molar-refractivity contribution is 6.34. The summed E-state index contributed by atoms with van der Waals surface area (Å²) in [5, 5.41) is 9.07. The van der Waals surface area contributed by atoms with E-state index in [0.29, 0.717) is 27.5 Å². The molecule has 0 spiro atoms. The summed E-state index contributed by atoms with van der Waals surface area (Å²) in [6, 6.07) is 13.5. The highest BCUT2D eigenvalue weighted by Gasteiger charge is 2.16. The van der Waals surface area contributed by atoms with Gasteiger partial charge in [-0.05, 0) is 42.5 Å². The van der Waals surface area contributed by atoms with Crippen LogP contribution in [0.15, 0.2) is 42.5 Å². The Morgan fingerprint density at radius 2 is 1.90 bits per heavy atom. The number of nitrogens with two attached hydrogens (primary N) is 1. The number of carbonyl (C=O) groups is 1. The van der Waals surface area contributed by atoms with Gasteiger partial charge >= 0.3 is 0 Å². The summed E-state index contributed by atoms with van der Waals surface area (Å²) in [5.41, 5.74) is 7.72. The van der Waals surface area contributed by atoms with Crippen molar-refractivity contribution in [3.63, 3.8) is 0 Å². The lowest BCUT2D eigenvalue weighted by molar-refractivity contribution is 0.0993. The molecule has 5 heteroatoms. The van der Waals surface area contributed by atoms with Gasteiger partial charge in [0.25, 0.3) is 5.91 Å². The molecule has 0 aliphatic carbocycles. The van der Waals surface area contributed by atoms with Crippen molar-refractivity contribution in [1.82, 2.24) is 0 Å². The van der Waals surface area contributed by atoms with Gasteiger partial charge in [0.1, 0.15) is 0 Å². The molecular weight excluding hydrogens is 274 g/mol. The second kappa shape index (κ2) is 5.64. The monoisotopic (exact) mass is 285 g/mol. The molecule has 0 aliphatic heterocycles. The van der Waals surface area contributed by atoms with Gasteiger partial charge in [-0.25, -0.2) is 0 Å². The third kappa shape index (κ3) is 2.73. The molecule has 0 saturated heterocycles. The molecular formula is C15H12ClN3O. The first-order valence-electron chi connectivity index (χ1n) is 5.86. The molecule has 2 rings (SSSR count). The van der Waals surface area contributed by atoms with Crippen molar-refractivity contribution in [3.05, 3.63) is 58.6 Å². The summed E-state index contributed by atoms with van der Waals surface area (Å²) in [7, 11) is 1.65. The van der Waals surface area contributed by atoms with E-state index < -0.39 is 0 Å². The van der Waals surface area contributed by atoms with Crippen LogP contribution < -0.4 is 10.6 Å².